The van der Waals surface area contributed by atoms with Gasteiger partial charge in [0.1, 0.15) is 11.6 Å². The number of nitro benzene ring substituents is 1. The second-order valence-corrected chi connectivity index (χ2v) is 2.19. The SMILES string of the molecule is N#Cc1cc([N+](=O)[O-])cc(F)c1O. The molecule has 0 atom stereocenters. The molecule has 0 aliphatic carbocycles. The Morgan fingerprint density at radius 3 is 2.69 bits per heavy atom. The molecule has 1 aromatic carbocycles. The molecule has 1 rings (SSSR count). The Hall–Kier alpha value is -2.16. The highest BCUT2D eigenvalue weighted by Gasteiger charge is 2.15. The van der Waals surface area contributed by atoms with Crippen LogP contribution in [0.25, 0.3) is 0 Å². The number of phenolic OH excluding ortho intramolecular Hbond substituents is 1. The number of phenols is 1. The molecule has 0 aromatic heterocycles. The highest BCUT2D eigenvalue weighted by atomic mass is 19.1. The van der Waals surface area contributed by atoms with Gasteiger partial charge in [0.15, 0.2) is 11.6 Å². The van der Waals surface area contributed by atoms with Crippen LogP contribution in [0.15, 0.2) is 12.1 Å². The van der Waals surface area contributed by atoms with Crippen LogP contribution in [-0.2, 0) is 0 Å². The molecule has 6 heteroatoms. The van der Waals surface area contributed by atoms with Crippen LogP contribution in [-0.4, -0.2) is 10.0 Å². The van der Waals surface area contributed by atoms with Gasteiger partial charge < -0.3 is 5.11 Å². The first-order chi connectivity index (χ1) is 6.06. The predicted octanol–water partition coefficient (Wildman–Crippen LogP) is 1.31. The molecular formula is C7H3FN2O3. The van der Waals surface area contributed by atoms with Gasteiger partial charge in [-0.1, -0.05) is 0 Å². The number of nitriles is 1. The maximum Gasteiger partial charge on any atom is 0.273 e. The molecule has 0 fully saturated rings. The molecule has 0 aliphatic rings. The minimum absolute atomic E-state index is 0.452. The van der Waals surface area contributed by atoms with Crippen molar-refractivity contribution >= 4 is 5.69 Å². The van der Waals surface area contributed by atoms with Crippen molar-refractivity contribution in [1.29, 1.82) is 5.26 Å². The summed E-state index contributed by atoms with van der Waals surface area (Å²) in [7, 11) is 0. The van der Waals surface area contributed by atoms with Gasteiger partial charge in [-0.25, -0.2) is 4.39 Å². The number of hydrogen-bond acceptors (Lipinski definition) is 4. The zero-order valence-corrected chi connectivity index (χ0v) is 6.19. The Balaban J connectivity index is 3.41. The highest BCUT2D eigenvalue weighted by Crippen LogP contribution is 2.25. The molecule has 0 amide bonds. The van der Waals surface area contributed by atoms with Crippen LogP contribution >= 0.6 is 0 Å². The minimum atomic E-state index is -1.18. The van der Waals surface area contributed by atoms with Gasteiger partial charge in [-0.3, -0.25) is 10.1 Å². The molecule has 0 aliphatic heterocycles. The van der Waals surface area contributed by atoms with Crippen molar-refractivity contribution in [3.05, 3.63) is 33.6 Å². The summed E-state index contributed by atoms with van der Waals surface area (Å²) >= 11 is 0. The molecule has 1 N–H and O–H groups in total. The van der Waals surface area contributed by atoms with Gasteiger partial charge in [-0.05, 0) is 0 Å². The van der Waals surface area contributed by atoms with E-state index in [1.54, 1.807) is 0 Å². The fourth-order valence-electron chi connectivity index (χ4n) is 0.775. The standard InChI is InChI=1S/C7H3FN2O3/c8-6-2-5(10(12)13)1-4(3-9)7(6)11/h1-2,11H. The maximum atomic E-state index is 12.7. The number of rotatable bonds is 1. The van der Waals surface area contributed by atoms with Crippen molar-refractivity contribution < 1.29 is 14.4 Å². The number of hydrogen-bond donors (Lipinski definition) is 1. The summed E-state index contributed by atoms with van der Waals surface area (Å²) in [4.78, 5) is 9.34. The van der Waals surface area contributed by atoms with Crippen molar-refractivity contribution in [2.24, 2.45) is 0 Å². The average Bonchev–Trinajstić information content (AvgIpc) is 2.09. The normalized spacial score (nSPS) is 9.23. The van der Waals surface area contributed by atoms with Gasteiger partial charge in [0, 0.05) is 6.07 Å². The summed E-state index contributed by atoms with van der Waals surface area (Å²) in [6.45, 7) is 0. The lowest BCUT2D eigenvalue weighted by atomic mass is 10.2. The van der Waals surface area contributed by atoms with Gasteiger partial charge in [-0.15, -0.1) is 0 Å². The third-order valence-corrected chi connectivity index (χ3v) is 1.38. The second-order valence-electron chi connectivity index (χ2n) is 2.19. The topological polar surface area (TPSA) is 87.2 Å². The number of nitrogens with zero attached hydrogens (tertiary/aromatic N) is 2. The fourth-order valence-corrected chi connectivity index (χ4v) is 0.775. The summed E-state index contributed by atoms with van der Waals surface area (Å²) in [5, 5.41) is 27.4. The van der Waals surface area contributed by atoms with E-state index in [4.69, 9.17) is 10.4 Å². The molecule has 0 bridgehead atoms. The molecule has 0 radical (unpaired) electrons. The zero-order chi connectivity index (χ0) is 10.0. The van der Waals surface area contributed by atoms with Crippen molar-refractivity contribution in [3.63, 3.8) is 0 Å². The Labute approximate surface area is 71.8 Å². The van der Waals surface area contributed by atoms with Crippen LogP contribution < -0.4 is 0 Å². The largest absolute Gasteiger partial charge is 0.504 e. The van der Waals surface area contributed by atoms with Gasteiger partial charge in [-0.2, -0.15) is 5.26 Å². The maximum absolute atomic E-state index is 12.7. The molecule has 66 valence electrons. The fraction of sp³-hybridized carbons (Fsp3) is 0. The summed E-state index contributed by atoms with van der Waals surface area (Å²) in [6.07, 6.45) is 0. The lowest BCUT2D eigenvalue weighted by Crippen LogP contribution is -1.91. The van der Waals surface area contributed by atoms with Crippen molar-refractivity contribution in [3.8, 4) is 11.8 Å². The first kappa shape index (κ1) is 8.93. The van der Waals surface area contributed by atoms with Crippen LogP contribution in [0.5, 0.6) is 5.75 Å². The quantitative estimate of drug-likeness (QED) is 0.523. The molecule has 0 heterocycles. The van der Waals surface area contributed by atoms with Gasteiger partial charge in [0.2, 0.25) is 0 Å². The molecule has 0 unspecified atom stereocenters. The third-order valence-electron chi connectivity index (χ3n) is 1.38. The van der Waals surface area contributed by atoms with E-state index >= 15 is 0 Å². The zero-order valence-electron chi connectivity index (χ0n) is 6.19. The van der Waals surface area contributed by atoms with E-state index in [1.165, 1.54) is 6.07 Å². The van der Waals surface area contributed by atoms with Crippen LogP contribution in [0, 0.1) is 27.3 Å². The first-order valence-corrected chi connectivity index (χ1v) is 3.13. The van der Waals surface area contributed by atoms with Gasteiger partial charge in [0.25, 0.3) is 5.69 Å². The van der Waals surface area contributed by atoms with Crippen LogP contribution in [0.3, 0.4) is 0 Å². The predicted molar refractivity (Wildman–Crippen MR) is 39.4 cm³/mol. The monoisotopic (exact) mass is 182 g/mol. The van der Waals surface area contributed by atoms with E-state index in [0.29, 0.717) is 6.07 Å². The van der Waals surface area contributed by atoms with Crippen molar-refractivity contribution in [1.82, 2.24) is 0 Å². The molecule has 13 heavy (non-hydrogen) atoms. The summed E-state index contributed by atoms with van der Waals surface area (Å²) in [5.41, 5.74) is -1.02. The van der Waals surface area contributed by atoms with E-state index in [1.807, 2.05) is 0 Å². The third kappa shape index (κ3) is 1.54. The lowest BCUT2D eigenvalue weighted by molar-refractivity contribution is -0.385. The minimum Gasteiger partial charge on any atom is -0.504 e. The molecule has 0 saturated heterocycles. The Kier molecular flexibility index (Phi) is 2.11. The number of benzene rings is 1. The lowest BCUT2D eigenvalue weighted by Gasteiger charge is -1.97. The highest BCUT2D eigenvalue weighted by molar-refractivity contribution is 5.50. The molecular weight excluding hydrogens is 179 g/mol. The number of non-ortho nitro benzene ring substituents is 1. The van der Waals surface area contributed by atoms with Gasteiger partial charge >= 0.3 is 0 Å². The summed E-state index contributed by atoms with van der Waals surface area (Å²) in [5.74, 6) is -2.04. The van der Waals surface area contributed by atoms with E-state index in [0.717, 1.165) is 6.07 Å². The van der Waals surface area contributed by atoms with Crippen LogP contribution in [0.2, 0.25) is 0 Å². The number of nitro groups is 1. The van der Waals surface area contributed by atoms with Crippen LogP contribution in [0.1, 0.15) is 5.56 Å². The Bertz CT molecular complexity index is 411. The van der Waals surface area contributed by atoms with Crippen LogP contribution in [0.4, 0.5) is 10.1 Å². The van der Waals surface area contributed by atoms with Crippen molar-refractivity contribution in [2.45, 2.75) is 0 Å². The smallest absolute Gasteiger partial charge is 0.273 e. The Morgan fingerprint density at radius 1 is 1.62 bits per heavy atom. The van der Waals surface area contributed by atoms with Gasteiger partial charge in [0.05, 0.1) is 11.0 Å². The number of aromatic hydroxyl groups is 1. The van der Waals surface area contributed by atoms with E-state index in [-0.39, 0.29) is 0 Å². The molecule has 1 aromatic rings. The second kappa shape index (κ2) is 3.06. The average molecular weight is 182 g/mol. The molecule has 0 saturated carbocycles. The van der Waals surface area contributed by atoms with E-state index in [2.05, 4.69) is 0 Å². The van der Waals surface area contributed by atoms with E-state index < -0.39 is 27.7 Å². The molecule has 0 spiro atoms. The Morgan fingerprint density at radius 2 is 2.23 bits per heavy atom. The summed E-state index contributed by atoms with van der Waals surface area (Å²) < 4.78 is 12.7. The van der Waals surface area contributed by atoms with E-state index in [9.17, 15) is 14.5 Å². The van der Waals surface area contributed by atoms with Crippen molar-refractivity contribution in [2.75, 3.05) is 0 Å². The summed E-state index contributed by atoms with van der Waals surface area (Å²) in [6, 6.07) is 2.79. The number of halogens is 1. The first-order valence-electron chi connectivity index (χ1n) is 3.13. The molecule has 5 nitrogen and oxygen atoms in total.